The Bertz CT molecular complexity index is 580. The molecule has 1 amide bonds. The Hall–Kier alpha value is -1.13. The lowest BCUT2D eigenvalue weighted by atomic mass is 9.79. The van der Waals surface area contributed by atoms with E-state index in [1.807, 2.05) is 11.0 Å². The number of likely N-dealkylation sites (tertiary alicyclic amines) is 2. The Balaban J connectivity index is 1.64. The van der Waals surface area contributed by atoms with E-state index >= 15 is 0 Å². The first-order valence-electron chi connectivity index (χ1n) is 7.89. The van der Waals surface area contributed by atoms with Crippen LogP contribution in [0.2, 0.25) is 5.02 Å². The lowest BCUT2D eigenvalue weighted by Gasteiger charge is -2.40. The molecule has 0 bridgehead atoms. The fourth-order valence-electron chi connectivity index (χ4n) is 3.87. The van der Waals surface area contributed by atoms with Crippen LogP contribution in [0.4, 0.5) is 4.39 Å². The van der Waals surface area contributed by atoms with Crippen LogP contribution < -0.4 is 0 Å². The third kappa shape index (κ3) is 3.28. The van der Waals surface area contributed by atoms with Gasteiger partial charge in [0.1, 0.15) is 5.82 Å². The molecule has 22 heavy (non-hydrogen) atoms. The molecule has 0 unspecified atom stereocenters. The molecule has 0 aromatic heterocycles. The zero-order chi connectivity index (χ0) is 15.7. The molecule has 1 spiro atoms. The van der Waals surface area contributed by atoms with E-state index in [0.29, 0.717) is 0 Å². The SMILES string of the molecule is CC(=O)N1CCC[C@]2(CCN(Cc3ccc(Cl)c(F)c3)C2)C1. The number of carbonyl (C=O) groups is 1. The second-order valence-electron chi connectivity index (χ2n) is 6.75. The van der Waals surface area contributed by atoms with Crippen LogP contribution in [-0.4, -0.2) is 41.9 Å². The normalized spacial score (nSPS) is 25.9. The van der Waals surface area contributed by atoms with Crippen molar-refractivity contribution in [3.05, 3.63) is 34.6 Å². The van der Waals surface area contributed by atoms with Gasteiger partial charge in [-0.25, -0.2) is 4.39 Å². The monoisotopic (exact) mass is 324 g/mol. The third-order valence-corrected chi connectivity index (χ3v) is 5.32. The first kappa shape index (κ1) is 15.8. The molecule has 2 saturated heterocycles. The van der Waals surface area contributed by atoms with Gasteiger partial charge in [-0.1, -0.05) is 17.7 Å². The van der Waals surface area contributed by atoms with E-state index in [9.17, 15) is 9.18 Å². The first-order chi connectivity index (χ1) is 10.5. The predicted molar refractivity (Wildman–Crippen MR) is 85.2 cm³/mol. The fraction of sp³-hybridized carbons (Fsp3) is 0.588. The molecular formula is C17H22ClFN2O. The highest BCUT2D eigenvalue weighted by Crippen LogP contribution is 2.39. The molecule has 0 saturated carbocycles. The van der Waals surface area contributed by atoms with E-state index in [-0.39, 0.29) is 22.2 Å². The largest absolute Gasteiger partial charge is 0.342 e. The second-order valence-corrected chi connectivity index (χ2v) is 7.16. The van der Waals surface area contributed by atoms with E-state index < -0.39 is 0 Å². The van der Waals surface area contributed by atoms with Gasteiger partial charge in [-0.15, -0.1) is 0 Å². The van der Waals surface area contributed by atoms with Crippen LogP contribution in [0.15, 0.2) is 18.2 Å². The highest BCUT2D eigenvalue weighted by Gasteiger charge is 2.41. The van der Waals surface area contributed by atoms with Crippen molar-refractivity contribution < 1.29 is 9.18 Å². The number of hydrogen-bond acceptors (Lipinski definition) is 2. The number of hydrogen-bond donors (Lipinski definition) is 0. The molecule has 1 aromatic carbocycles. The number of carbonyl (C=O) groups excluding carboxylic acids is 1. The maximum absolute atomic E-state index is 13.5. The molecule has 0 aliphatic carbocycles. The molecule has 1 aromatic rings. The molecule has 2 aliphatic heterocycles. The molecule has 0 N–H and O–H groups in total. The van der Waals surface area contributed by atoms with Gasteiger partial charge in [0.2, 0.25) is 5.91 Å². The standard InChI is InChI=1S/C17H22ClFN2O/c1-13(22)21-7-2-5-17(12-21)6-8-20(11-17)10-14-3-4-15(18)16(19)9-14/h3-4,9H,2,5-8,10-12H2,1H3/t17-/m1/s1. The van der Waals surface area contributed by atoms with Crippen LogP contribution in [0, 0.1) is 11.2 Å². The topological polar surface area (TPSA) is 23.6 Å². The van der Waals surface area contributed by atoms with Crippen molar-refractivity contribution in [1.29, 1.82) is 0 Å². The van der Waals surface area contributed by atoms with Gasteiger partial charge in [0.05, 0.1) is 5.02 Å². The maximum atomic E-state index is 13.5. The van der Waals surface area contributed by atoms with Gasteiger partial charge in [0.25, 0.3) is 0 Å². The van der Waals surface area contributed by atoms with Crippen molar-refractivity contribution in [3.63, 3.8) is 0 Å². The summed E-state index contributed by atoms with van der Waals surface area (Å²) in [5.41, 5.74) is 1.19. The van der Waals surface area contributed by atoms with Crippen molar-refractivity contribution in [3.8, 4) is 0 Å². The molecule has 2 aliphatic rings. The minimum atomic E-state index is -0.353. The van der Waals surface area contributed by atoms with Crippen molar-refractivity contribution in [2.75, 3.05) is 26.2 Å². The summed E-state index contributed by atoms with van der Waals surface area (Å²) < 4.78 is 13.5. The number of amides is 1. The van der Waals surface area contributed by atoms with Crippen LogP contribution in [0.5, 0.6) is 0 Å². The molecule has 120 valence electrons. The molecule has 0 radical (unpaired) electrons. The Kier molecular flexibility index (Phi) is 4.42. The zero-order valence-electron chi connectivity index (χ0n) is 12.9. The summed E-state index contributed by atoms with van der Waals surface area (Å²) in [6.07, 6.45) is 3.39. The summed E-state index contributed by atoms with van der Waals surface area (Å²) in [5, 5.41) is 0.172. The number of rotatable bonds is 2. The van der Waals surface area contributed by atoms with Gasteiger partial charge in [-0.3, -0.25) is 9.69 Å². The molecule has 5 heteroatoms. The quantitative estimate of drug-likeness (QED) is 0.833. The Morgan fingerprint density at radius 1 is 1.32 bits per heavy atom. The van der Waals surface area contributed by atoms with Crippen LogP contribution >= 0.6 is 11.6 Å². The maximum Gasteiger partial charge on any atom is 0.219 e. The average Bonchev–Trinajstić information content (AvgIpc) is 2.85. The summed E-state index contributed by atoms with van der Waals surface area (Å²) in [5.74, 6) is -0.175. The van der Waals surface area contributed by atoms with Gasteiger partial charge in [0.15, 0.2) is 0 Å². The molecule has 3 rings (SSSR count). The van der Waals surface area contributed by atoms with Crippen molar-refractivity contribution in [2.45, 2.75) is 32.7 Å². The summed E-state index contributed by atoms with van der Waals surface area (Å²) in [6, 6.07) is 5.03. The highest BCUT2D eigenvalue weighted by molar-refractivity contribution is 6.30. The third-order valence-electron chi connectivity index (χ3n) is 5.01. The number of nitrogens with zero attached hydrogens (tertiary/aromatic N) is 2. The van der Waals surface area contributed by atoms with E-state index in [1.165, 1.54) is 12.5 Å². The average molecular weight is 325 g/mol. The Morgan fingerprint density at radius 3 is 2.86 bits per heavy atom. The summed E-state index contributed by atoms with van der Waals surface area (Å²) in [6.45, 7) is 6.16. The Labute approximate surface area is 136 Å². The Morgan fingerprint density at radius 2 is 2.14 bits per heavy atom. The molecule has 2 heterocycles. The van der Waals surface area contributed by atoms with Crippen molar-refractivity contribution in [2.24, 2.45) is 5.41 Å². The van der Waals surface area contributed by atoms with Crippen molar-refractivity contribution >= 4 is 17.5 Å². The first-order valence-corrected chi connectivity index (χ1v) is 8.27. The van der Waals surface area contributed by atoms with Crippen LogP contribution in [-0.2, 0) is 11.3 Å². The number of piperidine rings is 1. The molecule has 2 fully saturated rings. The van der Waals surface area contributed by atoms with E-state index in [2.05, 4.69) is 4.90 Å². The lowest BCUT2D eigenvalue weighted by molar-refractivity contribution is -0.132. The van der Waals surface area contributed by atoms with Crippen LogP contribution in [0.1, 0.15) is 31.7 Å². The zero-order valence-corrected chi connectivity index (χ0v) is 13.7. The summed E-state index contributed by atoms with van der Waals surface area (Å²) >= 11 is 5.73. The molecule has 1 atom stereocenters. The van der Waals surface area contributed by atoms with E-state index in [1.54, 1.807) is 13.0 Å². The minimum absolute atomic E-state index is 0.172. The van der Waals surface area contributed by atoms with E-state index in [0.717, 1.165) is 51.1 Å². The summed E-state index contributed by atoms with van der Waals surface area (Å²) in [7, 11) is 0. The van der Waals surface area contributed by atoms with E-state index in [4.69, 9.17) is 11.6 Å². The van der Waals surface area contributed by atoms with Gasteiger partial charge < -0.3 is 4.90 Å². The van der Waals surface area contributed by atoms with Crippen LogP contribution in [0.25, 0.3) is 0 Å². The number of halogens is 2. The number of benzene rings is 1. The van der Waals surface area contributed by atoms with Gasteiger partial charge in [-0.05, 0) is 43.5 Å². The van der Waals surface area contributed by atoms with Gasteiger partial charge in [0, 0.05) is 38.5 Å². The van der Waals surface area contributed by atoms with Gasteiger partial charge >= 0.3 is 0 Å². The second kappa shape index (κ2) is 6.17. The van der Waals surface area contributed by atoms with Gasteiger partial charge in [-0.2, -0.15) is 0 Å². The highest BCUT2D eigenvalue weighted by atomic mass is 35.5. The summed E-state index contributed by atoms with van der Waals surface area (Å²) in [4.78, 5) is 16.0. The van der Waals surface area contributed by atoms with Crippen molar-refractivity contribution in [1.82, 2.24) is 9.80 Å². The molecular weight excluding hydrogens is 303 g/mol. The predicted octanol–water partition coefficient (Wildman–Crippen LogP) is 3.31. The smallest absolute Gasteiger partial charge is 0.219 e. The minimum Gasteiger partial charge on any atom is -0.342 e. The van der Waals surface area contributed by atoms with Crippen LogP contribution in [0.3, 0.4) is 0 Å². The molecule has 3 nitrogen and oxygen atoms in total. The lowest BCUT2D eigenvalue weighted by Crippen LogP contribution is -2.46. The fourth-order valence-corrected chi connectivity index (χ4v) is 3.99.